The van der Waals surface area contributed by atoms with Crippen LogP contribution in [-0.4, -0.2) is 34.8 Å². The molecule has 98 valence electrons. The molecule has 2 amide bonds. The van der Waals surface area contributed by atoms with Gasteiger partial charge in [-0.1, -0.05) is 12.2 Å². The average molecular weight is 251 g/mol. The maximum Gasteiger partial charge on any atom is 0.417 e. The molecule has 1 saturated heterocycles. The Hall–Kier alpha value is -1.65. The molecule has 18 heavy (non-hydrogen) atoms. The molecule has 3 unspecified atom stereocenters. The van der Waals surface area contributed by atoms with E-state index in [-0.39, 0.29) is 12.0 Å². The van der Waals surface area contributed by atoms with Crippen LogP contribution < -0.4 is 0 Å². The number of nitrogens with zero attached hydrogens (tertiary/aromatic N) is 1. The van der Waals surface area contributed by atoms with Crippen LogP contribution in [0.3, 0.4) is 0 Å². The van der Waals surface area contributed by atoms with Crippen LogP contribution >= 0.6 is 0 Å². The summed E-state index contributed by atoms with van der Waals surface area (Å²) in [5.74, 6) is -1.29. The molecular weight excluding hydrogens is 234 g/mol. The minimum absolute atomic E-state index is 0.123. The van der Waals surface area contributed by atoms with Crippen LogP contribution in [0.15, 0.2) is 12.2 Å². The highest BCUT2D eigenvalue weighted by Gasteiger charge is 2.51. The van der Waals surface area contributed by atoms with Crippen LogP contribution in [0.2, 0.25) is 0 Å². The number of ether oxygens (including phenoxy) is 1. The lowest BCUT2D eigenvalue weighted by Crippen LogP contribution is -2.42. The molecule has 0 N–H and O–H groups in total. The zero-order valence-corrected chi connectivity index (χ0v) is 10.8. The van der Waals surface area contributed by atoms with Gasteiger partial charge in [-0.3, -0.25) is 4.79 Å². The van der Waals surface area contributed by atoms with Crippen molar-refractivity contribution in [2.45, 2.75) is 38.8 Å². The fourth-order valence-electron chi connectivity index (χ4n) is 2.47. The van der Waals surface area contributed by atoms with Gasteiger partial charge in [0.1, 0.15) is 11.9 Å². The Bertz CT molecular complexity index is 421. The molecule has 2 rings (SSSR count). The van der Waals surface area contributed by atoms with Gasteiger partial charge in [-0.2, -0.15) is 0 Å². The predicted octanol–water partition coefficient (Wildman–Crippen LogP) is 1.52. The third kappa shape index (κ3) is 2.05. The molecule has 1 aliphatic heterocycles. The summed E-state index contributed by atoms with van der Waals surface area (Å²) in [4.78, 5) is 36.1. The first-order valence-corrected chi connectivity index (χ1v) is 6.03. The topological polar surface area (TPSA) is 63.7 Å². The molecule has 0 spiro atoms. The van der Waals surface area contributed by atoms with Crippen molar-refractivity contribution in [1.82, 2.24) is 4.90 Å². The Kier molecular flexibility index (Phi) is 3.00. The lowest BCUT2D eigenvalue weighted by molar-refractivity contribution is -0.133. The summed E-state index contributed by atoms with van der Waals surface area (Å²) in [6.45, 7) is 5.22. The summed E-state index contributed by atoms with van der Waals surface area (Å²) in [6.07, 6.45) is 4.32. The van der Waals surface area contributed by atoms with Crippen LogP contribution in [0.5, 0.6) is 0 Å². The fraction of sp³-hybridized carbons (Fsp3) is 0.615. The molecule has 3 atom stereocenters. The fourth-order valence-corrected chi connectivity index (χ4v) is 2.47. The maximum absolute atomic E-state index is 12.0. The number of carbonyl (C=O) groups is 3. The third-order valence-electron chi connectivity index (χ3n) is 3.20. The van der Waals surface area contributed by atoms with Crippen molar-refractivity contribution in [3.05, 3.63) is 12.2 Å². The van der Waals surface area contributed by atoms with Gasteiger partial charge in [-0.05, 0) is 27.2 Å². The second kappa shape index (κ2) is 4.23. The molecule has 5 heteroatoms. The van der Waals surface area contributed by atoms with E-state index in [1.165, 1.54) is 0 Å². The highest BCUT2D eigenvalue weighted by Crippen LogP contribution is 2.38. The highest BCUT2D eigenvalue weighted by molar-refractivity contribution is 6.03. The van der Waals surface area contributed by atoms with Crippen molar-refractivity contribution in [3.8, 4) is 0 Å². The number of carbonyl (C=O) groups excluding carboxylic acids is 3. The van der Waals surface area contributed by atoms with Crippen LogP contribution in [-0.2, 0) is 14.3 Å². The molecule has 0 aromatic rings. The van der Waals surface area contributed by atoms with E-state index in [1.54, 1.807) is 26.8 Å². The van der Waals surface area contributed by atoms with Gasteiger partial charge in [0.15, 0.2) is 0 Å². The molecule has 0 radical (unpaired) electrons. The Morgan fingerprint density at radius 2 is 2.17 bits per heavy atom. The molecular formula is C13H17NO4. The van der Waals surface area contributed by atoms with Crippen LogP contribution in [0.4, 0.5) is 4.79 Å². The normalized spacial score (nSPS) is 30.5. The maximum atomic E-state index is 12.0. The third-order valence-corrected chi connectivity index (χ3v) is 3.20. The lowest BCUT2D eigenvalue weighted by atomic mass is 9.93. The van der Waals surface area contributed by atoms with Gasteiger partial charge < -0.3 is 9.53 Å². The molecule has 0 aromatic heterocycles. The van der Waals surface area contributed by atoms with Gasteiger partial charge >= 0.3 is 6.09 Å². The van der Waals surface area contributed by atoms with Gasteiger partial charge in [-0.15, -0.1) is 0 Å². The summed E-state index contributed by atoms with van der Waals surface area (Å²) < 4.78 is 5.21. The number of allylic oxidation sites excluding steroid dienone is 1. The van der Waals surface area contributed by atoms with Gasteiger partial charge in [0.25, 0.3) is 0 Å². The average Bonchev–Trinajstić information content (AvgIpc) is 2.73. The summed E-state index contributed by atoms with van der Waals surface area (Å²) in [7, 11) is 0. The number of hydrogen-bond acceptors (Lipinski definition) is 4. The van der Waals surface area contributed by atoms with E-state index < -0.39 is 23.5 Å². The Morgan fingerprint density at radius 3 is 2.72 bits per heavy atom. The van der Waals surface area contributed by atoms with Crippen LogP contribution in [0, 0.1) is 11.8 Å². The lowest BCUT2D eigenvalue weighted by Gasteiger charge is -2.26. The van der Waals surface area contributed by atoms with E-state index >= 15 is 0 Å². The van der Waals surface area contributed by atoms with E-state index in [2.05, 4.69) is 0 Å². The van der Waals surface area contributed by atoms with Crippen molar-refractivity contribution in [2.24, 2.45) is 11.8 Å². The summed E-state index contributed by atoms with van der Waals surface area (Å²) in [6, 6.07) is -0.331. The number of imide groups is 1. The Labute approximate surface area is 106 Å². The Morgan fingerprint density at radius 1 is 1.50 bits per heavy atom. The molecule has 0 saturated carbocycles. The molecule has 1 aliphatic carbocycles. The number of fused-ring (bicyclic) bond motifs is 1. The molecule has 1 heterocycles. The second-order valence-electron chi connectivity index (χ2n) is 5.67. The molecule has 1 fully saturated rings. The van der Waals surface area contributed by atoms with Gasteiger partial charge in [0.2, 0.25) is 5.91 Å². The van der Waals surface area contributed by atoms with E-state index in [4.69, 9.17) is 4.74 Å². The zero-order valence-electron chi connectivity index (χ0n) is 10.8. The smallest absolute Gasteiger partial charge is 0.417 e. The van der Waals surface area contributed by atoms with Gasteiger partial charge in [0.05, 0.1) is 12.0 Å². The second-order valence-corrected chi connectivity index (χ2v) is 5.67. The molecule has 0 aromatic carbocycles. The molecule has 5 nitrogen and oxygen atoms in total. The minimum Gasteiger partial charge on any atom is -0.443 e. The van der Waals surface area contributed by atoms with E-state index in [0.29, 0.717) is 12.7 Å². The number of hydrogen-bond donors (Lipinski definition) is 0. The standard InChI is InChI=1S/C13H17NO4/c1-13(2,3)18-12(17)14-10-6-4-5-8(10)9(7-15)11(14)16/h4,6-10H,5H2,1-3H3. The number of amides is 2. The summed E-state index contributed by atoms with van der Waals surface area (Å²) in [5, 5.41) is 0. The Balaban J connectivity index is 2.22. The SMILES string of the molecule is CC(C)(C)OC(=O)N1C(=O)C(C=O)C2CC=CC21. The van der Waals surface area contributed by atoms with Gasteiger partial charge in [0, 0.05) is 5.92 Å². The van der Waals surface area contributed by atoms with E-state index in [1.807, 2.05) is 6.08 Å². The molecule has 2 aliphatic rings. The van der Waals surface area contributed by atoms with Crippen molar-refractivity contribution in [2.75, 3.05) is 0 Å². The van der Waals surface area contributed by atoms with E-state index in [0.717, 1.165) is 4.90 Å². The van der Waals surface area contributed by atoms with Crippen molar-refractivity contribution < 1.29 is 19.1 Å². The van der Waals surface area contributed by atoms with Crippen molar-refractivity contribution in [1.29, 1.82) is 0 Å². The number of likely N-dealkylation sites (tertiary alicyclic amines) is 1. The quantitative estimate of drug-likeness (QED) is 0.402. The van der Waals surface area contributed by atoms with Crippen molar-refractivity contribution in [3.63, 3.8) is 0 Å². The number of aldehydes is 1. The monoisotopic (exact) mass is 251 g/mol. The van der Waals surface area contributed by atoms with E-state index in [9.17, 15) is 14.4 Å². The summed E-state index contributed by atoms with van der Waals surface area (Å²) in [5.41, 5.74) is -0.658. The predicted molar refractivity (Wildman–Crippen MR) is 63.7 cm³/mol. The number of rotatable bonds is 1. The zero-order chi connectivity index (χ0) is 13.5. The first-order chi connectivity index (χ1) is 8.35. The molecule has 0 bridgehead atoms. The minimum atomic E-state index is -0.725. The largest absolute Gasteiger partial charge is 0.443 e. The first-order valence-electron chi connectivity index (χ1n) is 6.03. The van der Waals surface area contributed by atoms with Crippen LogP contribution in [0.25, 0.3) is 0 Å². The van der Waals surface area contributed by atoms with Crippen molar-refractivity contribution >= 4 is 18.3 Å². The van der Waals surface area contributed by atoms with Gasteiger partial charge in [-0.25, -0.2) is 9.69 Å². The highest BCUT2D eigenvalue weighted by atomic mass is 16.6. The van der Waals surface area contributed by atoms with Crippen LogP contribution in [0.1, 0.15) is 27.2 Å². The summed E-state index contributed by atoms with van der Waals surface area (Å²) >= 11 is 0. The first kappa shape index (κ1) is 12.8.